The van der Waals surface area contributed by atoms with Crippen LogP contribution in [0.1, 0.15) is 12.0 Å². The van der Waals surface area contributed by atoms with E-state index in [4.69, 9.17) is 16.3 Å². The van der Waals surface area contributed by atoms with Gasteiger partial charge in [0.2, 0.25) is 5.91 Å². The number of cyclic esters (lactones) is 1. The van der Waals surface area contributed by atoms with Crippen LogP contribution in [0.4, 0.5) is 5.69 Å². The van der Waals surface area contributed by atoms with Gasteiger partial charge in [-0.25, -0.2) is 0 Å². The van der Waals surface area contributed by atoms with Crippen LogP contribution in [-0.2, 0) is 20.9 Å². The summed E-state index contributed by atoms with van der Waals surface area (Å²) in [7, 11) is 0. The highest BCUT2D eigenvalue weighted by molar-refractivity contribution is 6.30. The summed E-state index contributed by atoms with van der Waals surface area (Å²) < 4.78 is 5.15. The Bertz CT molecular complexity index is 734. The van der Waals surface area contributed by atoms with Crippen LogP contribution < -0.4 is 5.32 Å². The number of morpholine rings is 1. The lowest BCUT2D eigenvalue weighted by Gasteiger charge is -2.33. The summed E-state index contributed by atoms with van der Waals surface area (Å²) in [6, 6.07) is 16.1. The van der Waals surface area contributed by atoms with Crippen molar-refractivity contribution in [3.8, 4) is 0 Å². The van der Waals surface area contributed by atoms with Crippen LogP contribution in [0, 0.1) is 0 Å². The van der Waals surface area contributed by atoms with Crippen molar-refractivity contribution >= 4 is 29.2 Å². The normalized spacial score (nSPS) is 17.8. The fraction of sp³-hybridized carbons (Fsp3) is 0.263. The maximum Gasteiger partial charge on any atom is 0.323 e. The first-order valence-corrected chi connectivity index (χ1v) is 8.49. The van der Waals surface area contributed by atoms with E-state index in [-0.39, 0.29) is 18.3 Å². The maximum atomic E-state index is 12.3. The molecule has 0 bridgehead atoms. The number of rotatable bonds is 5. The van der Waals surface area contributed by atoms with Gasteiger partial charge >= 0.3 is 5.97 Å². The van der Waals surface area contributed by atoms with Crippen molar-refractivity contribution in [2.24, 2.45) is 0 Å². The van der Waals surface area contributed by atoms with Gasteiger partial charge in [-0.1, -0.05) is 41.9 Å². The van der Waals surface area contributed by atoms with Crippen LogP contribution in [0.25, 0.3) is 0 Å². The molecule has 130 valence electrons. The fourth-order valence-corrected chi connectivity index (χ4v) is 2.93. The van der Waals surface area contributed by atoms with Crippen LogP contribution in [0.15, 0.2) is 54.6 Å². The molecule has 5 nitrogen and oxygen atoms in total. The first kappa shape index (κ1) is 17.5. The first-order valence-electron chi connectivity index (χ1n) is 8.12. The Morgan fingerprint density at radius 2 is 1.88 bits per heavy atom. The number of halogens is 1. The molecule has 0 spiro atoms. The van der Waals surface area contributed by atoms with E-state index >= 15 is 0 Å². The lowest BCUT2D eigenvalue weighted by molar-refractivity contribution is -0.159. The molecular formula is C19H19ClN2O3. The summed E-state index contributed by atoms with van der Waals surface area (Å²) in [5.74, 6) is -0.585. The number of anilines is 1. The zero-order chi connectivity index (χ0) is 17.6. The van der Waals surface area contributed by atoms with Gasteiger partial charge in [0.1, 0.15) is 12.6 Å². The minimum absolute atomic E-state index is 0.0499. The molecule has 6 heteroatoms. The van der Waals surface area contributed by atoms with Gasteiger partial charge in [-0.2, -0.15) is 0 Å². The maximum absolute atomic E-state index is 12.3. The highest BCUT2D eigenvalue weighted by Gasteiger charge is 2.33. The Balaban J connectivity index is 1.65. The van der Waals surface area contributed by atoms with Crippen molar-refractivity contribution in [2.45, 2.75) is 19.0 Å². The summed E-state index contributed by atoms with van der Waals surface area (Å²) in [6.45, 7) is 1.56. The molecule has 1 N–H and O–H groups in total. The minimum atomic E-state index is -0.582. The van der Waals surface area contributed by atoms with Crippen LogP contribution in [0.5, 0.6) is 0 Å². The van der Waals surface area contributed by atoms with Gasteiger partial charge in [-0.15, -0.1) is 0 Å². The third-order valence-electron chi connectivity index (χ3n) is 4.07. The zero-order valence-electron chi connectivity index (χ0n) is 13.7. The topological polar surface area (TPSA) is 58.6 Å². The number of carbonyl (C=O) groups excluding carboxylic acids is 2. The SMILES string of the molecule is O=C(C[C@@H]1C(=O)OCCN1Cc1ccccc1)Nc1ccc(Cl)cc1. The van der Waals surface area contributed by atoms with E-state index in [0.717, 1.165) is 5.56 Å². The van der Waals surface area contributed by atoms with E-state index in [1.807, 2.05) is 35.2 Å². The summed E-state index contributed by atoms with van der Waals surface area (Å²) in [5.41, 5.74) is 1.74. The Morgan fingerprint density at radius 1 is 1.16 bits per heavy atom. The average molecular weight is 359 g/mol. The largest absolute Gasteiger partial charge is 0.463 e. The molecular weight excluding hydrogens is 340 g/mol. The molecule has 0 saturated carbocycles. The van der Waals surface area contributed by atoms with E-state index in [0.29, 0.717) is 30.4 Å². The van der Waals surface area contributed by atoms with Crippen molar-refractivity contribution < 1.29 is 14.3 Å². The first-order chi connectivity index (χ1) is 12.1. The molecule has 1 fully saturated rings. The van der Waals surface area contributed by atoms with Crippen molar-refractivity contribution in [3.05, 3.63) is 65.2 Å². The lowest BCUT2D eigenvalue weighted by atomic mass is 10.1. The van der Waals surface area contributed by atoms with Gasteiger partial charge in [0.15, 0.2) is 0 Å². The van der Waals surface area contributed by atoms with Gasteiger partial charge in [0.05, 0.1) is 6.42 Å². The summed E-state index contributed by atoms with van der Waals surface area (Å²) in [5, 5.41) is 3.39. The molecule has 1 amide bonds. The van der Waals surface area contributed by atoms with Crippen molar-refractivity contribution in [2.75, 3.05) is 18.5 Å². The second-order valence-electron chi connectivity index (χ2n) is 5.90. The standard InChI is InChI=1S/C19H19ClN2O3/c20-15-6-8-16(9-7-15)21-18(23)12-17-19(24)25-11-10-22(17)13-14-4-2-1-3-5-14/h1-9,17H,10-13H2,(H,21,23)/t17-/m1/s1. The number of carbonyl (C=O) groups is 2. The number of hydrogen-bond acceptors (Lipinski definition) is 4. The molecule has 25 heavy (non-hydrogen) atoms. The number of amides is 1. The monoisotopic (exact) mass is 358 g/mol. The van der Waals surface area contributed by atoms with E-state index in [1.165, 1.54) is 0 Å². The molecule has 1 aliphatic rings. The number of nitrogens with one attached hydrogen (secondary N) is 1. The number of ether oxygens (including phenoxy) is 1. The molecule has 1 aliphatic heterocycles. The third-order valence-corrected chi connectivity index (χ3v) is 4.32. The van der Waals surface area contributed by atoms with Gasteiger partial charge in [-0.05, 0) is 29.8 Å². The zero-order valence-corrected chi connectivity index (χ0v) is 14.4. The van der Waals surface area contributed by atoms with Crippen LogP contribution >= 0.6 is 11.6 Å². The molecule has 1 heterocycles. The van der Waals surface area contributed by atoms with Crippen LogP contribution in [0.2, 0.25) is 5.02 Å². The summed E-state index contributed by atoms with van der Waals surface area (Å²) in [4.78, 5) is 26.5. The van der Waals surface area contributed by atoms with E-state index < -0.39 is 6.04 Å². The minimum Gasteiger partial charge on any atom is -0.463 e. The Labute approximate surface area is 151 Å². The fourth-order valence-electron chi connectivity index (χ4n) is 2.81. The predicted octanol–water partition coefficient (Wildman–Crippen LogP) is 3.10. The molecule has 0 aliphatic carbocycles. The third kappa shape index (κ3) is 4.81. The van der Waals surface area contributed by atoms with Gasteiger partial charge in [0.25, 0.3) is 0 Å². The molecule has 0 radical (unpaired) electrons. The molecule has 2 aromatic rings. The van der Waals surface area contributed by atoms with E-state index in [1.54, 1.807) is 24.3 Å². The lowest BCUT2D eigenvalue weighted by Crippen LogP contribution is -2.49. The summed E-state index contributed by atoms with van der Waals surface area (Å²) >= 11 is 5.84. The average Bonchev–Trinajstić information content (AvgIpc) is 2.61. The van der Waals surface area contributed by atoms with Crippen LogP contribution in [-0.4, -0.2) is 36.0 Å². The number of benzene rings is 2. The molecule has 1 saturated heterocycles. The Kier molecular flexibility index (Phi) is 5.68. The molecule has 3 rings (SSSR count). The second kappa shape index (κ2) is 8.14. The second-order valence-corrected chi connectivity index (χ2v) is 6.33. The predicted molar refractivity (Wildman–Crippen MR) is 96.3 cm³/mol. The number of nitrogens with zero attached hydrogens (tertiary/aromatic N) is 1. The van der Waals surface area contributed by atoms with Crippen LogP contribution in [0.3, 0.4) is 0 Å². The van der Waals surface area contributed by atoms with Gasteiger partial charge in [0, 0.05) is 23.8 Å². The Hall–Kier alpha value is -2.37. The number of hydrogen-bond donors (Lipinski definition) is 1. The highest BCUT2D eigenvalue weighted by atomic mass is 35.5. The molecule has 0 aromatic heterocycles. The molecule has 1 atom stereocenters. The summed E-state index contributed by atoms with van der Waals surface area (Å²) in [6.07, 6.45) is 0.0499. The van der Waals surface area contributed by atoms with E-state index in [9.17, 15) is 9.59 Å². The highest BCUT2D eigenvalue weighted by Crippen LogP contribution is 2.18. The van der Waals surface area contributed by atoms with Gasteiger partial charge in [-0.3, -0.25) is 14.5 Å². The van der Waals surface area contributed by atoms with Crippen molar-refractivity contribution in [1.29, 1.82) is 0 Å². The smallest absolute Gasteiger partial charge is 0.323 e. The van der Waals surface area contributed by atoms with Gasteiger partial charge < -0.3 is 10.1 Å². The van der Waals surface area contributed by atoms with Crippen molar-refractivity contribution in [3.63, 3.8) is 0 Å². The van der Waals surface area contributed by atoms with E-state index in [2.05, 4.69) is 5.32 Å². The Morgan fingerprint density at radius 3 is 2.60 bits per heavy atom. The number of esters is 1. The molecule has 2 aromatic carbocycles. The van der Waals surface area contributed by atoms with Crippen molar-refractivity contribution in [1.82, 2.24) is 4.90 Å². The quantitative estimate of drug-likeness (QED) is 0.834. The molecule has 0 unspecified atom stereocenters.